The lowest BCUT2D eigenvalue weighted by Gasteiger charge is -2.03. The normalized spacial score (nSPS) is 15.8. The summed E-state index contributed by atoms with van der Waals surface area (Å²) in [5.41, 5.74) is 2.16. The Labute approximate surface area is 94.7 Å². The minimum atomic E-state index is 0.774. The average Bonchev–Trinajstić information content (AvgIpc) is 3.06. The van der Waals surface area contributed by atoms with Gasteiger partial charge in [-0.25, -0.2) is 4.98 Å². The molecule has 2 heterocycles. The zero-order valence-electron chi connectivity index (χ0n) is 9.48. The maximum atomic E-state index is 4.61. The Morgan fingerprint density at radius 2 is 2.38 bits per heavy atom. The van der Waals surface area contributed by atoms with Crippen LogP contribution in [0.15, 0.2) is 18.5 Å². The van der Waals surface area contributed by atoms with Crippen molar-refractivity contribution in [1.82, 2.24) is 19.9 Å². The van der Waals surface area contributed by atoms with E-state index >= 15 is 0 Å². The fourth-order valence-corrected chi connectivity index (χ4v) is 1.98. The fourth-order valence-electron chi connectivity index (χ4n) is 1.98. The van der Waals surface area contributed by atoms with Gasteiger partial charge in [0.25, 0.3) is 0 Å². The van der Waals surface area contributed by atoms with Crippen LogP contribution in [0.25, 0.3) is 11.0 Å². The van der Waals surface area contributed by atoms with Gasteiger partial charge in [0, 0.05) is 32.3 Å². The predicted molar refractivity (Wildman–Crippen MR) is 63.2 cm³/mol. The Kier molecular flexibility index (Phi) is 2.36. The highest BCUT2D eigenvalue weighted by Crippen LogP contribution is 2.18. The van der Waals surface area contributed by atoms with Crippen LogP contribution < -0.4 is 5.32 Å². The molecule has 4 heteroatoms. The van der Waals surface area contributed by atoms with Gasteiger partial charge in [-0.05, 0) is 18.9 Å². The maximum absolute atomic E-state index is 4.61. The number of aryl methyl sites for hydroxylation is 1. The van der Waals surface area contributed by atoms with Gasteiger partial charge in [-0.15, -0.1) is 0 Å². The molecule has 1 fully saturated rings. The lowest BCUT2D eigenvalue weighted by molar-refractivity contribution is 0.654. The van der Waals surface area contributed by atoms with E-state index in [0.29, 0.717) is 0 Å². The number of rotatable bonds is 4. The molecule has 1 N–H and O–H groups in total. The van der Waals surface area contributed by atoms with Crippen LogP contribution >= 0.6 is 0 Å². The third-order valence-corrected chi connectivity index (χ3v) is 3.13. The summed E-state index contributed by atoms with van der Waals surface area (Å²) in [6, 6.07) is 2.74. The van der Waals surface area contributed by atoms with Crippen molar-refractivity contribution in [2.45, 2.75) is 25.3 Å². The number of imidazole rings is 1. The van der Waals surface area contributed by atoms with Crippen LogP contribution in [0.3, 0.4) is 0 Å². The molecule has 0 unspecified atom stereocenters. The number of nitrogens with zero attached hydrogens (tertiary/aromatic N) is 3. The second-order valence-corrected chi connectivity index (χ2v) is 4.43. The molecule has 0 radical (unpaired) electrons. The Morgan fingerprint density at radius 1 is 1.50 bits per heavy atom. The van der Waals surface area contributed by atoms with Gasteiger partial charge in [-0.2, -0.15) is 0 Å². The Balaban J connectivity index is 1.77. The molecule has 1 aliphatic carbocycles. The minimum Gasteiger partial charge on any atom is -0.330 e. The van der Waals surface area contributed by atoms with Crippen molar-refractivity contribution in [3.63, 3.8) is 0 Å². The Hall–Kier alpha value is -1.42. The lowest BCUT2D eigenvalue weighted by atomic mass is 10.4. The average molecular weight is 216 g/mol. The molecule has 0 atom stereocenters. The molecule has 84 valence electrons. The van der Waals surface area contributed by atoms with Gasteiger partial charge < -0.3 is 9.88 Å². The van der Waals surface area contributed by atoms with Crippen molar-refractivity contribution >= 4 is 11.0 Å². The monoisotopic (exact) mass is 216 g/mol. The van der Waals surface area contributed by atoms with E-state index in [-0.39, 0.29) is 0 Å². The molecule has 4 nitrogen and oxygen atoms in total. The fraction of sp³-hybridized carbons (Fsp3) is 0.500. The summed E-state index contributed by atoms with van der Waals surface area (Å²) in [5.74, 6) is 1.14. The van der Waals surface area contributed by atoms with E-state index in [1.54, 1.807) is 6.20 Å². The molecular formula is C12H16N4. The van der Waals surface area contributed by atoms with Crippen molar-refractivity contribution in [3.05, 3.63) is 24.3 Å². The van der Waals surface area contributed by atoms with Crippen molar-refractivity contribution in [1.29, 1.82) is 0 Å². The molecule has 1 saturated carbocycles. The first kappa shape index (κ1) is 9.78. The molecule has 0 aliphatic heterocycles. The van der Waals surface area contributed by atoms with Crippen molar-refractivity contribution in [2.24, 2.45) is 7.05 Å². The highest BCUT2D eigenvalue weighted by atomic mass is 15.1. The summed E-state index contributed by atoms with van der Waals surface area (Å²) >= 11 is 0. The van der Waals surface area contributed by atoms with Crippen LogP contribution in [-0.4, -0.2) is 27.1 Å². The van der Waals surface area contributed by atoms with E-state index in [0.717, 1.165) is 35.9 Å². The smallest absolute Gasteiger partial charge is 0.110 e. The standard InChI is InChI=1S/C12H16N4/c1-16-11-8-13-6-4-10(11)15-12(16)5-7-14-9-2-3-9/h4,6,8-9,14H,2-3,5,7H2,1H3. The molecule has 0 spiro atoms. The van der Waals surface area contributed by atoms with Crippen molar-refractivity contribution in [3.8, 4) is 0 Å². The first-order valence-electron chi connectivity index (χ1n) is 5.83. The van der Waals surface area contributed by atoms with Gasteiger partial charge in [0.15, 0.2) is 0 Å². The summed E-state index contributed by atoms with van der Waals surface area (Å²) in [6.07, 6.45) is 7.34. The Morgan fingerprint density at radius 3 is 3.12 bits per heavy atom. The molecule has 2 aromatic heterocycles. The first-order chi connectivity index (χ1) is 7.84. The van der Waals surface area contributed by atoms with Crippen LogP contribution in [0.1, 0.15) is 18.7 Å². The number of hydrogen-bond acceptors (Lipinski definition) is 3. The van der Waals surface area contributed by atoms with Crippen LogP contribution in [-0.2, 0) is 13.5 Å². The van der Waals surface area contributed by atoms with E-state index in [4.69, 9.17) is 0 Å². The molecule has 0 bridgehead atoms. The molecule has 16 heavy (non-hydrogen) atoms. The van der Waals surface area contributed by atoms with Crippen molar-refractivity contribution < 1.29 is 0 Å². The molecule has 0 aromatic carbocycles. The zero-order valence-corrected chi connectivity index (χ0v) is 9.48. The maximum Gasteiger partial charge on any atom is 0.110 e. The number of aromatic nitrogens is 3. The van der Waals surface area contributed by atoms with Gasteiger partial charge in [0.2, 0.25) is 0 Å². The Bertz CT molecular complexity index is 499. The second kappa shape index (κ2) is 3.87. The predicted octanol–water partition coefficient (Wildman–Crippen LogP) is 1.26. The molecule has 2 aromatic rings. The topological polar surface area (TPSA) is 42.7 Å². The highest BCUT2D eigenvalue weighted by Gasteiger charge is 2.20. The summed E-state index contributed by atoms with van der Waals surface area (Å²) in [6.45, 7) is 1.02. The summed E-state index contributed by atoms with van der Waals surface area (Å²) in [4.78, 5) is 8.74. The molecule has 3 rings (SSSR count). The first-order valence-corrected chi connectivity index (χ1v) is 5.83. The number of fused-ring (bicyclic) bond motifs is 1. The number of nitrogens with one attached hydrogen (secondary N) is 1. The second-order valence-electron chi connectivity index (χ2n) is 4.43. The van der Waals surface area contributed by atoms with Gasteiger partial charge in [0.1, 0.15) is 5.82 Å². The number of hydrogen-bond donors (Lipinski definition) is 1. The van der Waals surface area contributed by atoms with Gasteiger partial charge >= 0.3 is 0 Å². The molecule has 0 saturated heterocycles. The van der Waals surface area contributed by atoms with Gasteiger partial charge in [-0.1, -0.05) is 0 Å². The van der Waals surface area contributed by atoms with E-state index in [1.165, 1.54) is 12.8 Å². The van der Waals surface area contributed by atoms with Crippen LogP contribution in [0.4, 0.5) is 0 Å². The van der Waals surface area contributed by atoms with Gasteiger partial charge in [-0.3, -0.25) is 4.98 Å². The molecular weight excluding hydrogens is 200 g/mol. The third-order valence-electron chi connectivity index (χ3n) is 3.13. The van der Waals surface area contributed by atoms with Crippen molar-refractivity contribution in [2.75, 3.05) is 6.54 Å². The highest BCUT2D eigenvalue weighted by molar-refractivity contribution is 5.74. The summed E-state index contributed by atoms with van der Waals surface area (Å²) in [5, 5.41) is 3.51. The van der Waals surface area contributed by atoms with Gasteiger partial charge in [0.05, 0.1) is 17.2 Å². The zero-order chi connectivity index (χ0) is 11.0. The molecule has 0 amide bonds. The number of pyridine rings is 1. The van der Waals surface area contributed by atoms with E-state index < -0.39 is 0 Å². The van der Waals surface area contributed by atoms with Crippen LogP contribution in [0.5, 0.6) is 0 Å². The van der Waals surface area contributed by atoms with E-state index in [1.807, 2.05) is 12.3 Å². The van der Waals surface area contributed by atoms with E-state index in [2.05, 4.69) is 26.9 Å². The summed E-state index contributed by atoms with van der Waals surface area (Å²) in [7, 11) is 2.06. The summed E-state index contributed by atoms with van der Waals surface area (Å²) < 4.78 is 2.14. The quantitative estimate of drug-likeness (QED) is 0.836. The molecule has 1 aliphatic rings. The van der Waals surface area contributed by atoms with Crippen LogP contribution in [0, 0.1) is 0 Å². The third kappa shape index (κ3) is 1.80. The largest absolute Gasteiger partial charge is 0.330 e. The van der Waals surface area contributed by atoms with E-state index in [9.17, 15) is 0 Å². The SMILES string of the molecule is Cn1c(CCNC2CC2)nc2ccncc21. The lowest BCUT2D eigenvalue weighted by Crippen LogP contribution is -2.20. The van der Waals surface area contributed by atoms with Crippen LogP contribution in [0.2, 0.25) is 0 Å². The minimum absolute atomic E-state index is 0.774.